The fourth-order valence-corrected chi connectivity index (χ4v) is 2.64. The van der Waals surface area contributed by atoms with Crippen LogP contribution in [0.5, 0.6) is 5.75 Å². The Morgan fingerprint density at radius 1 is 1.35 bits per heavy atom. The van der Waals surface area contributed by atoms with Crippen LogP contribution in [0.4, 0.5) is 0 Å². The lowest BCUT2D eigenvalue weighted by molar-refractivity contribution is -0.128. The van der Waals surface area contributed by atoms with Gasteiger partial charge >= 0.3 is 0 Å². The summed E-state index contributed by atoms with van der Waals surface area (Å²) in [5.41, 5.74) is 2.29. The lowest BCUT2D eigenvalue weighted by Crippen LogP contribution is -2.49. The quantitative estimate of drug-likeness (QED) is 0.865. The largest absolute Gasteiger partial charge is 0.481 e. The average molecular weight is 341 g/mol. The first-order valence-electron chi connectivity index (χ1n) is 8.25. The molecule has 1 aromatic rings. The van der Waals surface area contributed by atoms with E-state index in [1.165, 1.54) is 5.56 Å². The van der Waals surface area contributed by atoms with Crippen molar-refractivity contribution in [2.75, 3.05) is 13.1 Å². The van der Waals surface area contributed by atoms with Crippen LogP contribution in [-0.2, 0) is 4.79 Å². The summed E-state index contributed by atoms with van der Waals surface area (Å²) in [5.74, 6) is 1.21. The van der Waals surface area contributed by atoms with E-state index in [4.69, 9.17) is 4.74 Å². The molecule has 5 heteroatoms. The van der Waals surface area contributed by atoms with Crippen LogP contribution in [0.25, 0.3) is 0 Å². The second-order valence-electron chi connectivity index (χ2n) is 6.49. The number of piperidine rings is 1. The first-order valence-corrected chi connectivity index (χ1v) is 8.25. The summed E-state index contributed by atoms with van der Waals surface area (Å²) in [6.45, 7) is 10.0. The van der Waals surface area contributed by atoms with Crippen LogP contribution in [0.15, 0.2) is 18.2 Å². The molecule has 2 N–H and O–H groups in total. The zero-order chi connectivity index (χ0) is 16.1. The van der Waals surface area contributed by atoms with Crippen molar-refractivity contribution >= 4 is 18.3 Å². The van der Waals surface area contributed by atoms with Gasteiger partial charge in [0, 0.05) is 12.6 Å². The van der Waals surface area contributed by atoms with Gasteiger partial charge in [0.2, 0.25) is 0 Å². The maximum Gasteiger partial charge on any atom is 0.261 e. The highest BCUT2D eigenvalue weighted by Crippen LogP contribution is 2.25. The predicted octanol–water partition coefficient (Wildman–Crippen LogP) is 3.18. The van der Waals surface area contributed by atoms with Gasteiger partial charge in [-0.25, -0.2) is 0 Å². The van der Waals surface area contributed by atoms with Gasteiger partial charge < -0.3 is 15.4 Å². The number of nitrogens with one attached hydrogen (secondary N) is 2. The van der Waals surface area contributed by atoms with Crippen LogP contribution < -0.4 is 15.4 Å². The second-order valence-corrected chi connectivity index (χ2v) is 6.49. The molecule has 1 amide bonds. The van der Waals surface area contributed by atoms with Gasteiger partial charge in [-0.05, 0) is 56.3 Å². The molecule has 1 saturated heterocycles. The van der Waals surface area contributed by atoms with Crippen molar-refractivity contribution in [1.29, 1.82) is 0 Å². The smallest absolute Gasteiger partial charge is 0.261 e. The number of amides is 1. The first-order chi connectivity index (χ1) is 10.5. The summed E-state index contributed by atoms with van der Waals surface area (Å²) in [4.78, 5) is 12.3. The summed E-state index contributed by atoms with van der Waals surface area (Å²) < 4.78 is 5.91. The Labute approximate surface area is 145 Å². The standard InChI is InChI=1S/C18H28N2O2.ClH/c1-12(2)15-8-7-13(3)17(10-15)22-14(4)18(21)20-16-6-5-9-19-11-16;/h7-8,10,12,14,16,19H,5-6,9,11H2,1-4H3,(H,20,21);1H. The van der Waals surface area contributed by atoms with Crippen molar-refractivity contribution in [3.8, 4) is 5.75 Å². The molecule has 0 bridgehead atoms. The Balaban J connectivity index is 0.00000264. The van der Waals surface area contributed by atoms with Gasteiger partial charge in [-0.2, -0.15) is 0 Å². The van der Waals surface area contributed by atoms with E-state index in [2.05, 4.69) is 36.6 Å². The minimum absolute atomic E-state index is 0. The maximum atomic E-state index is 12.3. The van der Waals surface area contributed by atoms with Gasteiger partial charge in [0.05, 0.1) is 0 Å². The zero-order valence-corrected chi connectivity index (χ0v) is 15.3. The van der Waals surface area contributed by atoms with Crippen molar-refractivity contribution in [3.05, 3.63) is 29.3 Å². The molecular weight excluding hydrogens is 312 g/mol. The number of carbonyl (C=O) groups excluding carboxylic acids is 1. The van der Waals surface area contributed by atoms with Crippen molar-refractivity contribution < 1.29 is 9.53 Å². The molecule has 1 heterocycles. The third-order valence-electron chi connectivity index (χ3n) is 4.20. The Morgan fingerprint density at radius 2 is 2.09 bits per heavy atom. The van der Waals surface area contributed by atoms with Gasteiger partial charge in [-0.15, -0.1) is 12.4 Å². The normalized spacial score (nSPS) is 18.9. The summed E-state index contributed by atoms with van der Waals surface area (Å²) in [5, 5.41) is 6.37. The van der Waals surface area contributed by atoms with E-state index in [9.17, 15) is 4.79 Å². The number of aryl methyl sites for hydroxylation is 1. The monoisotopic (exact) mass is 340 g/mol. The summed E-state index contributed by atoms with van der Waals surface area (Å²) in [7, 11) is 0. The molecule has 1 aliphatic rings. The average Bonchev–Trinajstić information content (AvgIpc) is 2.50. The third-order valence-corrected chi connectivity index (χ3v) is 4.20. The fourth-order valence-electron chi connectivity index (χ4n) is 2.64. The minimum atomic E-state index is -0.483. The molecule has 4 nitrogen and oxygen atoms in total. The highest BCUT2D eigenvalue weighted by atomic mass is 35.5. The molecule has 1 aromatic carbocycles. The van der Waals surface area contributed by atoms with Crippen molar-refractivity contribution in [3.63, 3.8) is 0 Å². The molecule has 1 fully saturated rings. The predicted molar refractivity (Wildman–Crippen MR) is 96.6 cm³/mol. The summed E-state index contributed by atoms with van der Waals surface area (Å²) >= 11 is 0. The van der Waals surface area contributed by atoms with Gasteiger partial charge in [-0.3, -0.25) is 4.79 Å². The molecule has 0 spiro atoms. The molecule has 0 aromatic heterocycles. The Kier molecular flexibility index (Phi) is 7.86. The first kappa shape index (κ1) is 19.8. The SMILES string of the molecule is Cc1ccc(C(C)C)cc1OC(C)C(=O)NC1CCCNC1.Cl. The van der Waals surface area contributed by atoms with Gasteiger partial charge in [0.25, 0.3) is 5.91 Å². The Hall–Kier alpha value is -1.26. The highest BCUT2D eigenvalue weighted by molar-refractivity contribution is 5.85. The summed E-state index contributed by atoms with van der Waals surface area (Å²) in [6.07, 6.45) is 1.66. The van der Waals surface area contributed by atoms with Crippen LogP contribution in [0.2, 0.25) is 0 Å². The number of benzene rings is 1. The van der Waals surface area contributed by atoms with Crippen molar-refractivity contribution in [2.24, 2.45) is 0 Å². The molecule has 0 aliphatic carbocycles. The van der Waals surface area contributed by atoms with E-state index in [0.717, 1.165) is 37.2 Å². The molecule has 0 saturated carbocycles. The highest BCUT2D eigenvalue weighted by Gasteiger charge is 2.21. The van der Waals surface area contributed by atoms with E-state index in [-0.39, 0.29) is 24.4 Å². The molecule has 0 radical (unpaired) electrons. The van der Waals surface area contributed by atoms with Gasteiger partial charge in [0.15, 0.2) is 6.10 Å². The van der Waals surface area contributed by atoms with Crippen molar-refractivity contribution in [1.82, 2.24) is 10.6 Å². The number of halogens is 1. The van der Waals surface area contributed by atoms with E-state index in [1.807, 2.05) is 19.9 Å². The van der Waals surface area contributed by atoms with Gasteiger partial charge in [0.1, 0.15) is 5.75 Å². The molecule has 2 atom stereocenters. The molecule has 1 aliphatic heterocycles. The van der Waals surface area contributed by atoms with Crippen LogP contribution >= 0.6 is 12.4 Å². The molecular formula is C18H29ClN2O2. The Bertz CT molecular complexity index is 514. The number of rotatable bonds is 5. The van der Waals surface area contributed by atoms with E-state index in [1.54, 1.807) is 0 Å². The third kappa shape index (κ3) is 5.70. The van der Waals surface area contributed by atoms with E-state index >= 15 is 0 Å². The number of ether oxygens (including phenoxy) is 1. The van der Waals surface area contributed by atoms with Crippen molar-refractivity contribution in [2.45, 2.75) is 58.6 Å². The lowest BCUT2D eigenvalue weighted by Gasteiger charge is -2.25. The zero-order valence-electron chi connectivity index (χ0n) is 14.5. The van der Waals surface area contributed by atoms with Gasteiger partial charge in [-0.1, -0.05) is 26.0 Å². The fraction of sp³-hybridized carbons (Fsp3) is 0.611. The Morgan fingerprint density at radius 3 is 2.70 bits per heavy atom. The molecule has 23 heavy (non-hydrogen) atoms. The number of hydrogen-bond acceptors (Lipinski definition) is 3. The van der Waals surface area contributed by atoms with Crippen LogP contribution in [0.3, 0.4) is 0 Å². The molecule has 130 valence electrons. The van der Waals surface area contributed by atoms with E-state index < -0.39 is 6.10 Å². The summed E-state index contributed by atoms with van der Waals surface area (Å²) in [6, 6.07) is 6.44. The minimum Gasteiger partial charge on any atom is -0.481 e. The topological polar surface area (TPSA) is 50.4 Å². The molecule has 2 unspecified atom stereocenters. The maximum absolute atomic E-state index is 12.3. The lowest BCUT2D eigenvalue weighted by atomic mass is 10.0. The second kappa shape index (κ2) is 9.14. The van der Waals surface area contributed by atoms with Crippen LogP contribution in [0, 0.1) is 6.92 Å². The molecule has 2 rings (SSSR count). The van der Waals surface area contributed by atoms with Crippen LogP contribution in [-0.4, -0.2) is 31.1 Å². The van der Waals surface area contributed by atoms with E-state index in [0.29, 0.717) is 5.92 Å². The van der Waals surface area contributed by atoms with Crippen LogP contribution in [0.1, 0.15) is 50.7 Å². The number of carbonyl (C=O) groups is 1. The number of hydrogen-bond donors (Lipinski definition) is 2.